The monoisotopic (exact) mass is 211 g/mol. The quantitative estimate of drug-likeness (QED) is 0.728. The molecule has 4 heteroatoms. The van der Waals surface area contributed by atoms with Crippen molar-refractivity contribution in [2.24, 2.45) is 7.05 Å². The van der Waals surface area contributed by atoms with Crippen molar-refractivity contribution in [1.29, 1.82) is 0 Å². The molecular formula is C11H21N3O. The Kier molecular flexibility index (Phi) is 4.29. The van der Waals surface area contributed by atoms with E-state index >= 15 is 0 Å². The predicted molar refractivity (Wildman–Crippen MR) is 60.7 cm³/mol. The van der Waals surface area contributed by atoms with Crippen LogP contribution in [-0.4, -0.2) is 33.6 Å². The molecule has 1 rings (SSSR count). The lowest BCUT2D eigenvalue weighted by molar-refractivity contribution is 0.231. The lowest BCUT2D eigenvalue weighted by atomic mass is 10.0. The van der Waals surface area contributed by atoms with Gasteiger partial charge in [-0.1, -0.05) is 0 Å². The third kappa shape index (κ3) is 4.44. The number of aryl methyl sites for hydroxylation is 1. The van der Waals surface area contributed by atoms with Gasteiger partial charge < -0.3 is 10.4 Å². The smallest absolute Gasteiger partial charge is 0.0522 e. The zero-order chi connectivity index (χ0) is 11.3. The van der Waals surface area contributed by atoms with Crippen LogP contribution in [0.15, 0.2) is 12.4 Å². The van der Waals surface area contributed by atoms with Crippen molar-refractivity contribution in [2.75, 3.05) is 13.2 Å². The molecule has 0 aliphatic rings. The van der Waals surface area contributed by atoms with Crippen LogP contribution in [0.5, 0.6) is 0 Å². The molecule has 2 N–H and O–H groups in total. The average molecular weight is 211 g/mol. The first kappa shape index (κ1) is 12.2. The van der Waals surface area contributed by atoms with E-state index in [-0.39, 0.29) is 12.1 Å². The van der Waals surface area contributed by atoms with Gasteiger partial charge in [-0.05, 0) is 38.8 Å². The Hall–Kier alpha value is -0.870. The molecule has 1 aromatic rings. The Morgan fingerprint density at radius 1 is 1.53 bits per heavy atom. The maximum absolute atomic E-state index is 8.87. The zero-order valence-electron chi connectivity index (χ0n) is 9.82. The second kappa shape index (κ2) is 5.28. The van der Waals surface area contributed by atoms with E-state index in [4.69, 9.17) is 5.11 Å². The SMILES string of the molecule is Cn1cc(CCNC(C)(C)CCO)cn1. The number of aliphatic hydroxyl groups is 1. The van der Waals surface area contributed by atoms with Crippen molar-refractivity contribution in [3.8, 4) is 0 Å². The van der Waals surface area contributed by atoms with E-state index in [0.29, 0.717) is 0 Å². The summed E-state index contributed by atoms with van der Waals surface area (Å²) in [6.45, 7) is 5.35. The minimum Gasteiger partial charge on any atom is -0.396 e. The fraction of sp³-hybridized carbons (Fsp3) is 0.727. The second-order valence-electron chi connectivity index (χ2n) is 4.56. The fourth-order valence-electron chi connectivity index (χ4n) is 1.51. The molecular weight excluding hydrogens is 190 g/mol. The van der Waals surface area contributed by atoms with Crippen LogP contribution in [0.25, 0.3) is 0 Å². The number of hydrogen-bond acceptors (Lipinski definition) is 3. The topological polar surface area (TPSA) is 50.1 Å². The van der Waals surface area contributed by atoms with Crippen molar-refractivity contribution >= 4 is 0 Å². The van der Waals surface area contributed by atoms with Gasteiger partial charge in [0.1, 0.15) is 0 Å². The van der Waals surface area contributed by atoms with E-state index in [1.165, 1.54) is 5.56 Å². The number of nitrogens with one attached hydrogen (secondary N) is 1. The normalized spacial score (nSPS) is 12.0. The molecule has 86 valence electrons. The van der Waals surface area contributed by atoms with Crippen molar-refractivity contribution in [1.82, 2.24) is 15.1 Å². The first-order valence-corrected chi connectivity index (χ1v) is 5.37. The summed E-state index contributed by atoms with van der Waals surface area (Å²) < 4.78 is 1.81. The number of nitrogens with zero attached hydrogens (tertiary/aromatic N) is 2. The Balaban J connectivity index is 2.27. The third-order valence-electron chi connectivity index (χ3n) is 2.51. The van der Waals surface area contributed by atoms with Crippen molar-refractivity contribution in [3.63, 3.8) is 0 Å². The Morgan fingerprint density at radius 3 is 2.80 bits per heavy atom. The molecule has 0 bridgehead atoms. The second-order valence-corrected chi connectivity index (χ2v) is 4.56. The Morgan fingerprint density at radius 2 is 2.27 bits per heavy atom. The van der Waals surface area contributed by atoms with E-state index in [1.54, 1.807) is 0 Å². The molecule has 4 nitrogen and oxygen atoms in total. The summed E-state index contributed by atoms with van der Waals surface area (Å²) >= 11 is 0. The molecule has 15 heavy (non-hydrogen) atoms. The van der Waals surface area contributed by atoms with Gasteiger partial charge in [0.25, 0.3) is 0 Å². The third-order valence-corrected chi connectivity index (χ3v) is 2.51. The summed E-state index contributed by atoms with van der Waals surface area (Å²) in [5.41, 5.74) is 1.25. The van der Waals surface area contributed by atoms with E-state index < -0.39 is 0 Å². The highest BCUT2D eigenvalue weighted by atomic mass is 16.3. The lowest BCUT2D eigenvalue weighted by Gasteiger charge is -2.25. The zero-order valence-corrected chi connectivity index (χ0v) is 9.82. The number of aliphatic hydroxyl groups excluding tert-OH is 1. The number of hydrogen-bond donors (Lipinski definition) is 2. The van der Waals surface area contributed by atoms with E-state index in [2.05, 4.69) is 24.3 Å². The van der Waals surface area contributed by atoms with Gasteiger partial charge in [0.2, 0.25) is 0 Å². The summed E-state index contributed by atoms with van der Waals surface area (Å²) in [7, 11) is 1.92. The average Bonchev–Trinajstić information content (AvgIpc) is 2.51. The van der Waals surface area contributed by atoms with Gasteiger partial charge in [0.15, 0.2) is 0 Å². The molecule has 0 aliphatic carbocycles. The van der Waals surface area contributed by atoms with Crippen LogP contribution >= 0.6 is 0 Å². The van der Waals surface area contributed by atoms with Gasteiger partial charge in [-0.15, -0.1) is 0 Å². The lowest BCUT2D eigenvalue weighted by Crippen LogP contribution is -2.41. The summed E-state index contributed by atoms with van der Waals surface area (Å²) in [5, 5.41) is 16.4. The van der Waals surface area contributed by atoms with E-state index in [9.17, 15) is 0 Å². The Bertz CT molecular complexity index is 294. The van der Waals surface area contributed by atoms with Crippen molar-refractivity contribution in [3.05, 3.63) is 18.0 Å². The molecule has 0 aromatic carbocycles. The van der Waals surface area contributed by atoms with Gasteiger partial charge >= 0.3 is 0 Å². The van der Waals surface area contributed by atoms with Crippen LogP contribution < -0.4 is 5.32 Å². The summed E-state index contributed by atoms with van der Waals surface area (Å²) in [5.74, 6) is 0. The van der Waals surface area contributed by atoms with Crippen molar-refractivity contribution in [2.45, 2.75) is 32.2 Å². The Labute approximate surface area is 91.3 Å². The maximum Gasteiger partial charge on any atom is 0.0522 e. The molecule has 0 saturated heterocycles. The highest BCUT2D eigenvalue weighted by Crippen LogP contribution is 2.07. The van der Waals surface area contributed by atoms with Crippen LogP contribution in [0, 0.1) is 0 Å². The summed E-state index contributed by atoms with van der Waals surface area (Å²) in [6.07, 6.45) is 5.67. The largest absolute Gasteiger partial charge is 0.396 e. The minimum atomic E-state index is 0.0109. The molecule has 1 heterocycles. The summed E-state index contributed by atoms with van der Waals surface area (Å²) in [6, 6.07) is 0. The van der Waals surface area contributed by atoms with E-state index in [0.717, 1.165) is 19.4 Å². The van der Waals surface area contributed by atoms with Crippen LogP contribution in [0.1, 0.15) is 25.8 Å². The number of rotatable bonds is 6. The maximum atomic E-state index is 8.87. The van der Waals surface area contributed by atoms with Crippen LogP contribution in [0.2, 0.25) is 0 Å². The molecule has 0 unspecified atom stereocenters. The molecule has 0 atom stereocenters. The first-order chi connectivity index (χ1) is 7.03. The van der Waals surface area contributed by atoms with Gasteiger partial charge in [0, 0.05) is 25.4 Å². The fourth-order valence-corrected chi connectivity index (χ4v) is 1.51. The standard InChI is InChI=1S/C11H21N3O/c1-11(2,5-7-15)12-6-4-10-8-13-14(3)9-10/h8-9,12,15H,4-7H2,1-3H3. The van der Waals surface area contributed by atoms with Crippen LogP contribution in [0.4, 0.5) is 0 Å². The highest BCUT2D eigenvalue weighted by molar-refractivity contribution is 5.04. The van der Waals surface area contributed by atoms with Gasteiger partial charge in [-0.2, -0.15) is 5.10 Å². The molecule has 0 radical (unpaired) electrons. The number of aromatic nitrogens is 2. The molecule has 1 aromatic heterocycles. The van der Waals surface area contributed by atoms with Crippen LogP contribution in [-0.2, 0) is 13.5 Å². The van der Waals surface area contributed by atoms with Gasteiger partial charge in [-0.3, -0.25) is 4.68 Å². The van der Waals surface area contributed by atoms with E-state index in [1.807, 2.05) is 24.1 Å². The summed E-state index contributed by atoms with van der Waals surface area (Å²) in [4.78, 5) is 0. The van der Waals surface area contributed by atoms with Crippen LogP contribution in [0.3, 0.4) is 0 Å². The highest BCUT2D eigenvalue weighted by Gasteiger charge is 2.15. The van der Waals surface area contributed by atoms with Crippen molar-refractivity contribution < 1.29 is 5.11 Å². The minimum absolute atomic E-state index is 0.0109. The molecule has 0 fully saturated rings. The molecule has 0 aliphatic heterocycles. The molecule has 0 saturated carbocycles. The molecule has 0 amide bonds. The predicted octanol–water partition coefficient (Wildman–Crippen LogP) is 0.713. The molecule has 0 spiro atoms. The van der Waals surface area contributed by atoms with Gasteiger partial charge in [0.05, 0.1) is 6.20 Å². The van der Waals surface area contributed by atoms with Gasteiger partial charge in [-0.25, -0.2) is 0 Å². The first-order valence-electron chi connectivity index (χ1n) is 5.37.